The fraction of sp³-hybridized carbons (Fsp3) is 0.389. The van der Waals surface area contributed by atoms with Crippen molar-refractivity contribution in [3.8, 4) is 0 Å². The first kappa shape index (κ1) is 14.6. The fourth-order valence-corrected chi connectivity index (χ4v) is 2.69. The first-order valence-corrected chi connectivity index (χ1v) is 7.30. The topological polar surface area (TPSA) is 26.3 Å². The van der Waals surface area contributed by atoms with Gasteiger partial charge in [0, 0.05) is 6.08 Å². The summed E-state index contributed by atoms with van der Waals surface area (Å²) in [6.07, 6.45) is 11.2. The summed E-state index contributed by atoms with van der Waals surface area (Å²) >= 11 is 0. The van der Waals surface area contributed by atoms with Crippen LogP contribution in [0.15, 0.2) is 48.6 Å². The van der Waals surface area contributed by atoms with Crippen molar-refractivity contribution in [2.75, 3.05) is 6.61 Å². The van der Waals surface area contributed by atoms with Gasteiger partial charge >= 0.3 is 5.97 Å². The lowest BCUT2D eigenvalue weighted by Crippen LogP contribution is -2.10. The molecule has 0 radical (unpaired) electrons. The lowest BCUT2D eigenvalue weighted by atomic mass is 10.1. The largest absolute Gasteiger partial charge is 0.462 e. The van der Waals surface area contributed by atoms with Gasteiger partial charge in [-0.3, -0.25) is 0 Å². The third-order valence-corrected chi connectivity index (χ3v) is 3.72. The predicted octanol–water partition coefficient (Wildman–Crippen LogP) is 4.24. The van der Waals surface area contributed by atoms with Crippen LogP contribution in [0.1, 0.15) is 31.7 Å². The number of esters is 1. The quantitative estimate of drug-likeness (QED) is 0.454. The Balaban J connectivity index is 1.72. The molecule has 1 aliphatic rings. The Morgan fingerprint density at radius 2 is 2.10 bits per heavy atom. The van der Waals surface area contributed by atoms with Crippen LogP contribution in [-0.2, 0) is 9.53 Å². The summed E-state index contributed by atoms with van der Waals surface area (Å²) in [4.78, 5) is 11.7. The van der Waals surface area contributed by atoms with Crippen LogP contribution in [0.2, 0.25) is 0 Å². The summed E-state index contributed by atoms with van der Waals surface area (Å²) in [7, 11) is 0. The highest BCUT2D eigenvalue weighted by Gasteiger charge is 2.23. The average Bonchev–Trinajstić information content (AvgIpc) is 2.92. The highest BCUT2D eigenvalue weighted by Crippen LogP contribution is 2.31. The SMILES string of the molecule is C/C=C\C1CCC(COC(=O)/C=C/c2ccccc2)C1. The van der Waals surface area contributed by atoms with Gasteiger partial charge < -0.3 is 4.74 Å². The molecule has 2 atom stereocenters. The molecule has 2 unspecified atom stereocenters. The lowest BCUT2D eigenvalue weighted by molar-refractivity contribution is -0.138. The van der Waals surface area contributed by atoms with E-state index in [1.807, 2.05) is 30.3 Å². The molecule has 0 spiro atoms. The zero-order valence-corrected chi connectivity index (χ0v) is 12.0. The number of hydrogen-bond donors (Lipinski definition) is 0. The van der Waals surface area contributed by atoms with Crippen molar-refractivity contribution in [3.63, 3.8) is 0 Å². The molecular formula is C18H22O2. The van der Waals surface area contributed by atoms with E-state index in [1.54, 1.807) is 6.08 Å². The van der Waals surface area contributed by atoms with Gasteiger partial charge in [0.15, 0.2) is 0 Å². The third-order valence-electron chi connectivity index (χ3n) is 3.72. The van der Waals surface area contributed by atoms with Crippen LogP contribution >= 0.6 is 0 Å². The number of hydrogen-bond acceptors (Lipinski definition) is 2. The molecule has 0 saturated heterocycles. The molecule has 0 aliphatic heterocycles. The Morgan fingerprint density at radius 3 is 2.85 bits per heavy atom. The van der Waals surface area contributed by atoms with E-state index < -0.39 is 0 Å². The summed E-state index contributed by atoms with van der Waals surface area (Å²) in [5.74, 6) is 0.942. The van der Waals surface area contributed by atoms with E-state index in [-0.39, 0.29) is 5.97 Å². The zero-order chi connectivity index (χ0) is 14.2. The number of ether oxygens (including phenoxy) is 1. The van der Waals surface area contributed by atoms with Gasteiger partial charge in [-0.2, -0.15) is 0 Å². The van der Waals surface area contributed by atoms with Gasteiger partial charge in [0.25, 0.3) is 0 Å². The van der Waals surface area contributed by atoms with E-state index in [4.69, 9.17) is 4.74 Å². The van der Waals surface area contributed by atoms with Crippen molar-refractivity contribution in [1.29, 1.82) is 0 Å². The molecule has 2 rings (SSSR count). The molecule has 20 heavy (non-hydrogen) atoms. The molecule has 1 aromatic rings. The van der Waals surface area contributed by atoms with Gasteiger partial charge in [0.1, 0.15) is 0 Å². The summed E-state index contributed by atoms with van der Waals surface area (Å²) in [5.41, 5.74) is 1.01. The second-order valence-corrected chi connectivity index (χ2v) is 5.34. The van der Waals surface area contributed by atoms with Crippen LogP contribution in [0.25, 0.3) is 6.08 Å². The fourth-order valence-electron chi connectivity index (χ4n) is 2.69. The zero-order valence-electron chi connectivity index (χ0n) is 12.0. The van der Waals surface area contributed by atoms with E-state index in [9.17, 15) is 4.79 Å². The first-order chi connectivity index (χ1) is 9.78. The highest BCUT2D eigenvalue weighted by atomic mass is 16.5. The minimum absolute atomic E-state index is 0.247. The van der Waals surface area contributed by atoms with E-state index in [0.29, 0.717) is 18.4 Å². The molecule has 1 saturated carbocycles. The van der Waals surface area contributed by atoms with Gasteiger partial charge in [-0.05, 0) is 49.7 Å². The summed E-state index contributed by atoms with van der Waals surface area (Å²) in [6.45, 7) is 2.60. The van der Waals surface area contributed by atoms with Gasteiger partial charge in [0.05, 0.1) is 6.61 Å². The van der Waals surface area contributed by atoms with E-state index >= 15 is 0 Å². The molecule has 1 aliphatic carbocycles. The molecule has 0 N–H and O–H groups in total. The summed E-state index contributed by atoms with van der Waals surface area (Å²) < 4.78 is 5.32. The van der Waals surface area contributed by atoms with Crippen molar-refractivity contribution in [2.24, 2.45) is 11.8 Å². The maximum absolute atomic E-state index is 11.7. The van der Waals surface area contributed by atoms with Crippen molar-refractivity contribution in [3.05, 3.63) is 54.1 Å². The van der Waals surface area contributed by atoms with Gasteiger partial charge in [0.2, 0.25) is 0 Å². The predicted molar refractivity (Wildman–Crippen MR) is 82.1 cm³/mol. The average molecular weight is 270 g/mol. The number of benzene rings is 1. The molecule has 2 nitrogen and oxygen atoms in total. The second-order valence-electron chi connectivity index (χ2n) is 5.34. The molecular weight excluding hydrogens is 248 g/mol. The van der Waals surface area contributed by atoms with Gasteiger partial charge in [-0.15, -0.1) is 0 Å². The maximum atomic E-state index is 11.7. The third kappa shape index (κ3) is 4.69. The Labute approximate surface area is 121 Å². The molecule has 0 heterocycles. The van der Waals surface area contributed by atoms with Gasteiger partial charge in [-0.25, -0.2) is 4.79 Å². The number of rotatable bonds is 5. The van der Waals surface area contributed by atoms with Crippen LogP contribution in [0.4, 0.5) is 0 Å². The molecule has 106 valence electrons. The van der Waals surface area contributed by atoms with E-state index in [1.165, 1.54) is 12.5 Å². The van der Waals surface area contributed by atoms with Crippen LogP contribution in [0.3, 0.4) is 0 Å². The van der Waals surface area contributed by atoms with Crippen LogP contribution in [-0.4, -0.2) is 12.6 Å². The number of allylic oxidation sites excluding steroid dienone is 2. The Kier molecular flexibility index (Phi) is 5.60. The molecule has 0 bridgehead atoms. The van der Waals surface area contributed by atoms with Crippen LogP contribution in [0.5, 0.6) is 0 Å². The van der Waals surface area contributed by atoms with E-state index in [2.05, 4.69) is 19.1 Å². The Morgan fingerprint density at radius 1 is 1.30 bits per heavy atom. The number of carbonyl (C=O) groups is 1. The molecule has 2 heteroatoms. The summed E-state index contributed by atoms with van der Waals surface area (Å²) in [6, 6.07) is 9.78. The maximum Gasteiger partial charge on any atom is 0.330 e. The second kappa shape index (κ2) is 7.68. The first-order valence-electron chi connectivity index (χ1n) is 7.30. The molecule has 1 fully saturated rings. The highest BCUT2D eigenvalue weighted by molar-refractivity contribution is 5.87. The lowest BCUT2D eigenvalue weighted by Gasteiger charge is -2.09. The van der Waals surface area contributed by atoms with E-state index in [0.717, 1.165) is 18.4 Å². The van der Waals surface area contributed by atoms with Gasteiger partial charge in [-0.1, -0.05) is 42.5 Å². The monoisotopic (exact) mass is 270 g/mol. The smallest absolute Gasteiger partial charge is 0.330 e. The minimum Gasteiger partial charge on any atom is -0.462 e. The Bertz CT molecular complexity index is 473. The molecule has 1 aromatic carbocycles. The van der Waals surface area contributed by atoms with Crippen molar-refractivity contribution in [1.82, 2.24) is 0 Å². The molecule has 0 aromatic heterocycles. The van der Waals surface area contributed by atoms with Crippen molar-refractivity contribution in [2.45, 2.75) is 26.2 Å². The summed E-state index contributed by atoms with van der Waals surface area (Å²) in [5, 5.41) is 0. The molecule has 0 amide bonds. The standard InChI is InChI=1S/C18H22O2/c1-2-6-16-9-10-17(13-16)14-20-18(19)12-11-15-7-4-3-5-8-15/h2-8,11-12,16-17H,9-10,13-14H2,1H3/b6-2-,12-11+. The Hall–Kier alpha value is -1.83. The number of carbonyl (C=O) groups excluding carboxylic acids is 1. The van der Waals surface area contributed by atoms with Crippen molar-refractivity contribution >= 4 is 12.0 Å². The van der Waals surface area contributed by atoms with Crippen LogP contribution < -0.4 is 0 Å². The van der Waals surface area contributed by atoms with Crippen LogP contribution in [0, 0.1) is 11.8 Å². The normalized spacial score (nSPS) is 22.6. The minimum atomic E-state index is -0.247. The van der Waals surface area contributed by atoms with Crippen molar-refractivity contribution < 1.29 is 9.53 Å².